The van der Waals surface area contributed by atoms with E-state index in [1.165, 1.54) is 6.07 Å². The van der Waals surface area contributed by atoms with E-state index in [0.29, 0.717) is 24.1 Å². The summed E-state index contributed by atoms with van der Waals surface area (Å²) in [4.78, 5) is 0. The molecule has 0 radical (unpaired) electrons. The number of methoxy groups -OCH3 is 1. The van der Waals surface area contributed by atoms with Crippen molar-refractivity contribution < 1.29 is 22.6 Å². The molecule has 1 rings (SSSR count). The minimum absolute atomic E-state index is 0.191. The molecular formula is C11H12BrF3O2. The number of halogens is 4. The van der Waals surface area contributed by atoms with Crippen molar-refractivity contribution in [2.45, 2.75) is 12.6 Å². The number of hydrogen-bond donors (Lipinski definition) is 0. The van der Waals surface area contributed by atoms with Crippen LogP contribution in [0.15, 0.2) is 22.7 Å². The van der Waals surface area contributed by atoms with Crippen molar-refractivity contribution in [1.29, 1.82) is 0 Å². The highest BCUT2D eigenvalue weighted by Gasteiger charge is 2.31. The standard InChI is InChI=1S/C11H12BrF3O2/c1-16-5-2-6-17-10-7-8(11(13,14)15)3-4-9(10)12/h3-4,7H,2,5-6H2,1H3. The second kappa shape index (κ2) is 6.26. The number of hydrogen-bond acceptors (Lipinski definition) is 2. The molecule has 1 aromatic rings. The fourth-order valence-electron chi connectivity index (χ4n) is 1.18. The van der Waals surface area contributed by atoms with Gasteiger partial charge < -0.3 is 9.47 Å². The zero-order valence-corrected chi connectivity index (χ0v) is 10.8. The third-order valence-corrected chi connectivity index (χ3v) is 2.66. The average molecular weight is 313 g/mol. The van der Waals surface area contributed by atoms with E-state index in [2.05, 4.69) is 15.9 Å². The summed E-state index contributed by atoms with van der Waals surface area (Å²) in [7, 11) is 1.56. The Balaban J connectivity index is 2.70. The Morgan fingerprint density at radius 1 is 1.24 bits per heavy atom. The average Bonchev–Trinajstić information content (AvgIpc) is 2.25. The normalized spacial score (nSPS) is 11.6. The van der Waals surface area contributed by atoms with Crippen LogP contribution in [0.5, 0.6) is 5.75 Å². The van der Waals surface area contributed by atoms with Gasteiger partial charge in [-0.1, -0.05) is 0 Å². The van der Waals surface area contributed by atoms with Crippen molar-refractivity contribution in [3.8, 4) is 5.75 Å². The fourth-order valence-corrected chi connectivity index (χ4v) is 1.54. The zero-order valence-electron chi connectivity index (χ0n) is 9.18. The molecule has 0 aliphatic carbocycles. The first-order chi connectivity index (χ1) is 7.95. The molecule has 6 heteroatoms. The van der Waals surface area contributed by atoms with E-state index in [0.717, 1.165) is 12.1 Å². The third kappa shape index (κ3) is 4.55. The molecule has 0 heterocycles. The summed E-state index contributed by atoms with van der Waals surface area (Å²) in [6, 6.07) is 3.32. The van der Waals surface area contributed by atoms with Crippen LogP contribution in [-0.2, 0) is 10.9 Å². The van der Waals surface area contributed by atoms with E-state index >= 15 is 0 Å². The van der Waals surface area contributed by atoms with E-state index < -0.39 is 11.7 Å². The first-order valence-electron chi connectivity index (χ1n) is 4.93. The monoisotopic (exact) mass is 312 g/mol. The fraction of sp³-hybridized carbons (Fsp3) is 0.455. The minimum Gasteiger partial charge on any atom is -0.492 e. The van der Waals surface area contributed by atoms with Gasteiger partial charge >= 0.3 is 6.18 Å². The SMILES string of the molecule is COCCCOc1cc(C(F)(F)F)ccc1Br. The van der Waals surface area contributed by atoms with Gasteiger partial charge in [-0.15, -0.1) is 0 Å². The minimum atomic E-state index is -4.36. The van der Waals surface area contributed by atoms with Crippen LogP contribution in [0.4, 0.5) is 13.2 Å². The van der Waals surface area contributed by atoms with E-state index in [1.54, 1.807) is 7.11 Å². The van der Waals surface area contributed by atoms with E-state index in [4.69, 9.17) is 9.47 Å². The Bertz CT molecular complexity index is 366. The summed E-state index contributed by atoms with van der Waals surface area (Å²) in [6.45, 7) is 0.824. The Morgan fingerprint density at radius 2 is 1.94 bits per heavy atom. The smallest absolute Gasteiger partial charge is 0.416 e. The van der Waals surface area contributed by atoms with Crippen LogP contribution in [0.2, 0.25) is 0 Å². The third-order valence-electron chi connectivity index (χ3n) is 2.01. The first-order valence-corrected chi connectivity index (χ1v) is 5.73. The van der Waals surface area contributed by atoms with Crippen molar-refractivity contribution in [3.63, 3.8) is 0 Å². The van der Waals surface area contributed by atoms with Crippen LogP contribution < -0.4 is 4.74 Å². The Kier molecular flexibility index (Phi) is 5.27. The van der Waals surface area contributed by atoms with Gasteiger partial charge in [-0.3, -0.25) is 0 Å². The van der Waals surface area contributed by atoms with Crippen molar-refractivity contribution in [2.24, 2.45) is 0 Å². The van der Waals surface area contributed by atoms with Crippen molar-refractivity contribution >= 4 is 15.9 Å². The van der Waals surface area contributed by atoms with E-state index in [9.17, 15) is 13.2 Å². The molecule has 0 unspecified atom stereocenters. The quantitative estimate of drug-likeness (QED) is 0.768. The van der Waals surface area contributed by atoms with Crippen molar-refractivity contribution in [2.75, 3.05) is 20.3 Å². The predicted octanol–water partition coefficient (Wildman–Crippen LogP) is 3.88. The molecule has 0 atom stereocenters. The molecule has 0 saturated carbocycles. The van der Waals surface area contributed by atoms with E-state index in [1.807, 2.05) is 0 Å². The van der Waals surface area contributed by atoms with Crippen LogP contribution >= 0.6 is 15.9 Å². The molecule has 0 amide bonds. The molecule has 0 fully saturated rings. The largest absolute Gasteiger partial charge is 0.492 e. The lowest BCUT2D eigenvalue weighted by Crippen LogP contribution is -2.06. The van der Waals surface area contributed by atoms with Crippen molar-refractivity contribution in [1.82, 2.24) is 0 Å². The van der Waals surface area contributed by atoms with Crippen LogP contribution in [0.1, 0.15) is 12.0 Å². The summed E-state index contributed by atoms with van der Waals surface area (Å²) >= 11 is 3.14. The van der Waals surface area contributed by atoms with Crippen LogP contribution in [0.25, 0.3) is 0 Å². The van der Waals surface area contributed by atoms with Crippen LogP contribution in [-0.4, -0.2) is 20.3 Å². The summed E-state index contributed by atoms with van der Waals surface area (Å²) < 4.78 is 47.9. The molecule has 0 aromatic heterocycles. The Hall–Kier alpha value is -0.750. The van der Waals surface area contributed by atoms with Gasteiger partial charge in [0.25, 0.3) is 0 Å². The van der Waals surface area contributed by atoms with Gasteiger partial charge in [0.1, 0.15) is 5.75 Å². The van der Waals surface area contributed by atoms with Gasteiger partial charge in [-0.05, 0) is 34.1 Å². The summed E-state index contributed by atoms with van der Waals surface area (Å²) in [5.41, 5.74) is -0.720. The lowest BCUT2D eigenvalue weighted by Gasteiger charge is -2.11. The van der Waals surface area contributed by atoms with E-state index in [-0.39, 0.29) is 5.75 Å². The van der Waals surface area contributed by atoms with Gasteiger partial charge in [-0.25, -0.2) is 0 Å². The zero-order chi connectivity index (χ0) is 12.9. The maximum absolute atomic E-state index is 12.5. The molecule has 96 valence electrons. The predicted molar refractivity (Wildman–Crippen MR) is 61.1 cm³/mol. The van der Waals surface area contributed by atoms with Gasteiger partial charge in [0, 0.05) is 20.1 Å². The maximum Gasteiger partial charge on any atom is 0.416 e. The lowest BCUT2D eigenvalue weighted by molar-refractivity contribution is -0.137. The molecule has 0 saturated heterocycles. The number of alkyl halides is 3. The number of ether oxygens (including phenoxy) is 2. The Labute approximate surface area is 106 Å². The first kappa shape index (κ1) is 14.3. The topological polar surface area (TPSA) is 18.5 Å². The van der Waals surface area contributed by atoms with Gasteiger partial charge in [0.2, 0.25) is 0 Å². The molecule has 2 nitrogen and oxygen atoms in total. The highest BCUT2D eigenvalue weighted by atomic mass is 79.9. The summed E-state index contributed by atoms with van der Waals surface area (Å²) in [6.07, 6.45) is -3.73. The Morgan fingerprint density at radius 3 is 2.53 bits per heavy atom. The highest BCUT2D eigenvalue weighted by Crippen LogP contribution is 2.35. The van der Waals surface area contributed by atoms with Crippen LogP contribution in [0.3, 0.4) is 0 Å². The molecule has 0 bridgehead atoms. The van der Waals surface area contributed by atoms with Crippen LogP contribution in [0, 0.1) is 0 Å². The van der Waals surface area contributed by atoms with Gasteiger partial charge in [0.05, 0.1) is 16.6 Å². The second-order valence-electron chi connectivity index (χ2n) is 3.34. The lowest BCUT2D eigenvalue weighted by atomic mass is 10.2. The molecular weight excluding hydrogens is 301 g/mol. The molecule has 0 aliphatic heterocycles. The van der Waals surface area contributed by atoms with Crippen molar-refractivity contribution in [3.05, 3.63) is 28.2 Å². The molecule has 0 spiro atoms. The maximum atomic E-state index is 12.5. The van der Waals surface area contributed by atoms with Gasteiger partial charge in [0.15, 0.2) is 0 Å². The number of benzene rings is 1. The molecule has 17 heavy (non-hydrogen) atoms. The number of rotatable bonds is 5. The summed E-state index contributed by atoms with van der Waals surface area (Å²) in [5, 5.41) is 0. The molecule has 0 aliphatic rings. The molecule has 1 aromatic carbocycles. The summed E-state index contributed by atoms with van der Waals surface area (Å²) in [5.74, 6) is 0.191. The molecule has 0 N–H and O–H groups in total. The van der Waals surface area contributed by atoms with Gasteiger partial charge in [-0.2, -0.15) is 13.2 Å². The highest BCUT2D eigenvalue weighted by molar-refractivity contribution is 9.10. The second-order valence-corrected chi connectivity index (χ2v) is 4.19.